The van der Waals surface area contributed by atoms with E-state index >= 15 is 0 Å². The van der Waals surface area contributed by atoms with Crippen molar-refractivity contribution >= 4 is 17.9 Å². The van der Waals surface area contributed by atoms with Crippen molar-refractivity contribution in [2.24, 2.45) is 11.7 Å². The van der Waals surface area contributed by atoms with Gasteiger partial charge in [-0.1, -0.05) is 36.4 Å². The summed E-state index contributed by atoms with van der Waals surface area (Å²) in [4.78, 5) is 39.5. The molecule has 1 saturated carbocycles. The smallest absolute Gasteiger partial charge is 0.411 e. The number of primary amides is 1. The lowest BCUT2D eigenvalue weighted by Gasteiger charge is -2.50. The van der Waals surface area contributed by atoms with Crippen LogP contribution in [0.3, 0.4) is 0 Å². The fourth-order valence-corrected chi connectivity index (χ4v) is 5.37. The third-order valence-electron chi connectivity index (χ3n) is 7.10. The molecule has 194 valence electrons. The first-order chi connectivity index (χ1) is 17.6. The van der Waals surface area contributed by atoms with Gasteiger partial charge in [0, 0.05) is 18.0 Å². The molecule has 8 heteroatoms. The molecule has 2 saturated heterocycles. The standard InChI is InChI=1S/C29H34N4O4/c1-29(2,3)37-28(36)33-24-13-11-20(12-14-24)25(33)27(35)32-23(17-30)15-18-7-9-19(10-8-18)21-5-4-6-22(16-21)26(31)34/h4-10,16,20,23-25H,11-15H2,1-3H3,(H2,31,34)(H,32,35)/t20?,23-,24?,25-/m0/s1. The maximum Gasteiger partial charge on any atom is 0.411 e. The van der Waals surface area contributed by atoms with E-state index in [9.17, 15) is 19.6 Å². The van der Waals surface area contributed by atoms with Crippen LogP contribution < -0.4 is 11.1 Å². The van der Waals surface area contributed by atoms with Crippen molar-refractivity contribution in [2.75, 3.05) is 0 Å². The highest BCUT2D eigenvalue weighted by atomic mass is 16.6. The summed E-state index contributed by atoms with van der Waals surface area (Å²) >= 11 is 0. The van der Waals surface area contributed by atoms with Crippen LogP contribution in [0.2, 0.25) is 0 Å². The number of hydrogen-bond donors (Lipinski definition) is 2. The molecule has 2 bridgehead atoms. The average molecular weight is 503 g/mol. The lowest BCUT2D eigenvalue weighted by Crippen LogP contribution is -2.64. The molecular formula is C29H34N4O4. The number of nitrogens with two attached hydrogens (primary N) is 1. The summed E-state index contributed by atoms with van der Waals surface area (Å²) < 4.78 is 5.62. The zero-order chi connectivity index (χ0) is 26.7. The quantitative estimate of drug-likeness (QED) is 0.613. The van der Waals surface area contributed by atoms with Crippen LogP contribution in [0.15, 0.2) is 48.5 Å². The van der Waals surface area contributed by atoms with Gasteiger partial charge in [0.25, 0.3) is 0 Å². The first-order valence-corrected chi connectivity index (χ1v) is 12.8. The highest BCUT2D eigenvalue weighted by Crippen LogP contribution is 2.40. The molecule has 0 aromatic heterocycles. The third-order valence-corrected chi connectivity index (χ3v) is 7.10. The van der Waals surface area contributed by atoms with Gasteiger partial charge in [-0.3, -0.25) is 14.5 Å². The van der Waals surface area contributed by atoms with E-state index in [0.717, 1.165) is 42.4 Å². The lowest BCUT2D eigenvalue weighted by molar-refractivity contribution is -0.135. The Kier molecular flexibility index (Phi) is 7.53. The largest absolute Gasteiger partial charge is 0.444 e. The molecule has 2 aromatic rings. The summed E-state index contributed by atoms with van der Waals surface area (Å²) in [6, 6.07) is 15.5. The molecule has 2 aliphatic heterocycles. The molecule has 3 fully saturated rings. The number of hydrogen-bond acceptors (Lipinski definition) is 5. The predicted molar refractivity (Wildman–Crippen MR) is 139 cm³/mol. The molecule has 0 radical (unpaired) electrons. The van der Waals surface area contributed by atoms with Crippen LogP contribution in [0.4, 0.5) is 4.79 Å². The van der Waals surface area contributed by atoms with Gasteiger partial charge in [0.15, 0.2) is 0 Å². The molecule has 1 aliphatic carbocycles. The van der Waals surface area contributed by atoms with Crippen molar-refractivity contribution in [3.8, 4) is 17.2 Å². The number of nitrogens with zero attached hydrogens (tertiary/aromatic N) is 2. The molecular weight excluding hydrogens is 468 g/mol. The highest BCUT2D eigenvalue weighted by molar-refractivity contribution is 5.94. The van der Waals surface area contributed by atoms with Gasteiger partial charge in [0.1, 0.15) is 17.7 Å². The molecule has 3 N–H and O–H groups in total. The van der Waals surface area contributed by atoms with Crippen LogP contribution >= 0.6 is 0 Å². The minimum atomic E-state index is -0.738. The minimum absolute atomic E-state index is 0.0169. The Labute approximate surface area is 217 Å². The second kappa shape index (κ2) is 10.6. The summed E-state index contributed by atoms with van der Waals surface area (Å²) in [5, 5.41) is 12.7. The summed E-state index contributed by atoms with van der Waals surface area (Å²) in [6.07, 6.45) is 3.37. The molecule has 2 heterocycles. The second-order valence-corrected chi connectivity index (χ2v) is 10.9. The van der Waals surface area contributed by atoms with Crippen molar-refractivity contribution in [3.63, 3.8) is 0 Å². The maximum atomic E-state index is 13.4. The number of carbonyl (C=O) groups excluding carboxylic acids is 3. The number of carbonyl (C=O) groups is 3. The molecule has 37 heavy (non-hydrogen) atoms. The number of ether oxygens (including phenoxy) is 1. The van der Waals surface area contributed by atoms with Crippen molar-refractivity contribution in [3.05, 3.63) is 59.7 Å². The molecule has 2 aromatic carbocycles. The Hall–Kier alpha value is -3.86. The first kappa shape index (κ1) is 26.2. The van der Waals surface area contributed by atoms with E-state index in [0.29, 0.717) is 12.0 Å². The van der Waals surface area contributed by atoms with Crippen molar-refractivity contribution < 1.29 is 19.1 Å². The van der Waals surface area contributed by atoms with Crippen LogP contribution in [0, 0.1) is 17.2 Å². The number of nitriles is 1. The molecule has 0 unspecified atom stereocenters. The van der Waals surface area contributed by atoms with Gasteiger partial charge in [-0.15, -0.1) is 0 Å². The van der Waals surface area contributed by atoms with Gasteiger partial charge in [0.05, 0.1) is 6.07 Å². The van der Waals surface area contributed by atoms with E-state index in [1.165, 1.54) is 0 Å². The zero-order valence-corrected chi connectivity index (χ0v) is 21.6. The monoisotopic (exact) mass is 502 g/mol. The SMILES string of the molecule is CC(C)(C)OC(=O)N1C2CCC(CC2)[C@H]1C(=O)N[C@H](C#N)Cc1ccc(-c2cccc(C(N)=O)c2)cc1. The fourth-order valence-electron chi connectivity index (χ4n) is 5.37. The van der Waals surface area contributed by atoms with Crippen LogP contribution in [-0.4, -0.2) is 46.5 Å². The maximum absolute atomic E-state index is 13.4. The number of fused-ring (bicyclic) bond motifs is 3. The molecule has 3 amide bonds. The Balaban J connectivity index is 1.44. The topological polar surface area (TPSA) is 126 Å². The van der Waals surface area contributed by atoms with E-state index in [2.05, 4.69) is 11.4 Å². The van der Waals surface area contributed by atoms with Crippen LogP contribution in [0.5, 0.6) is 0 Å². The van der Waals surface area contributed by atoms with Crippen LogP contribution in [0.1, 0.15) is 62.4 Å². The first-order valence-electron chi connectivity index (χ1n) is 12.8. The molecule has 8 nitrogen and oxygen atoms in total. The highest BCUT2D eigenvalue weighted by Gasteiger charge is 2.49. The number of nitrogens with one attached hydrogen (secondary N) is 1. The van der Waals surface area contributed by atoms with E-state index < -0.39 is 29.7 Å². The van der Waals surface area contributed by atoms with E-state index in [4.69, 9.17) is 10.5 Å². The fraction of sp³-hybridized carbons (Fsp3) is 0.448. The van der Waals surface area contributed by atoms with Crippen LogP contribution in [0.25, 0.3) is 11.1 Å². The number of piperidine rings is 2. The average Bonchev–Trinajstić information content (AvgIpc) is 2.87. The van der Waals surface area contributed by atoms with E-state index in [-0.39, 0.29) is 17.9 Å². The van der Waals surface area contributed by atoms with E-state index in [1.807, 2.05) is 51.1 Å². The second-order valence-electron chi connectivity index (χ2n) is 10.9. The minimum Gasteiger partial charge on any atom is -0.444 e. The van der Waals surface area contributed by atoms with Gasteiger partial charge in [-0.05, 0) is 81.2 Å². The Morgan fingerprint density at radius 3 is 2.35 bits per heavy atom. The van der Waals surface area contributed by atoms with Gasteiger partial charge in [0.2, 0.25) is 11.8 Å². The summed E-state index contributed by atoms with van der Waals surface area (Å²) in [5.41, 5.74) is 7.83. The molecule has 0 spiro atoms. The van der Waals surface area contributed by atoms with Crippen molar-refractivity contribution in [2.45, 2.75) is 76.6 Å². The summed E-state index contributed by atoms with van der Waals surface area (Å²) in [5.74, 6) is -0.721. The Morgan fingerprint density at radius 2 is 1.76 bits per heavy atom. The van der Waals surface area contributed by atoms with E-state index in [1.54, 1.807) is 23.1 Å². The van der Waals surface area contributed by atoms with Crippen LogP contribution in [-0.2, 0) is 16.0 Å². The van der Waals surface area contributed by atoms with Gasteiger partial charge in [-0.25, -0.2) is 4.79 Å². The zero-order valence-electron chi connectivity index (χ0n) is 21.6. The van der Waals surface area contributed by atoms with Gasteiger partial charge >= 0.3 is 6.09 Å². The van der Waals surface area contributed by atoms with Gasteiger partial charge < -0.3 is 15.8 Å². The number of rotatable bonds is 6. The normalized spacial score (nSPS) is 21.6. The van der Waals surface area contributed by atoms with Crippen molar-refractivity contribution in [1.82, 2.24) is 10.2 Å². The predicted octanol–water partition coefficient (Wildman–Crippen LogP) is 4.18. The third kappa shape index (κ3) is 6.11. The number of benzene rings is 2. The summed E-state index contributed by atoms with van der Waals surface area (Å²) in [7, 11) is 0. The molecule has 3 aliphatic rings. The van der Waals surface area contributed by atoms with Gasteiger partial charge in [-0.2, -0.15) is 5.26 Å². The number of amides is 3. The van der Waals surface area contributed by atoms with Crippen molar-refractivity contribution in [1.29, 1.82) is 5.26 Å². The molecule has 5 rings (SSSR count). The summed E-state index contributed by atoms with van der Waals surface area (Å²) in [6.45, 7) is 5.44. The Bertz CT molecular complexity index is 1200. The Morgan fingerprint density at radius 1 is 1.08 bits per heavy atom. The lowest BCUT2D eigenvalue weighted by atomic mass is 9.74. The molecule has 2 atom stereocenters.